The van der Waals surface area contributed by atoms with Crippen LogP contribution in [0.4, 0.5) is 5.69 Å². The summed E-state index contributed by atoms with van der Waals surface area (Å²) in [6, 6.07) is 17.3. The van der Waals surface area contributed by atoms with Gasteiger partial charge in [0.05, 0.1) is 16.7 Å². The van der Waals surface area contributed by atoms with Crippen molar-refractivity contribution in [2.45, 2.75) is 26.4 Å². The van der Waals surface area contributed by atoms with E-state index >= 15 is 0 Å². The summed E-state index contributed by atoms with van der Waals surface area (Å²) in [5.41, 5.74) is 2.89. The van der Waals surface area contributed by atoms with Gasteiger partial charge in [-0.15, -0.1) is 0 Å². The molecule has 0 radical (unpaired) electrons. The van der Waals surface area contributed by atoms with Crippen LogP contribution >= 0.6 is 35.4 Å². The number of nitrogens with zero attached hydrogens (tertiary/aromatic N) is 1. The molecule has 0 aliphatic rings. The summed E-state index contributed by atoms with van der Waals surface area (Å²) >= 11 is 17.6. The maximum atomic E-state index is 12.5. The number of aromatic nitrogens is 1. The summed E-state index contributed by atoms with van der Waals surface area (Å²) < 4.78 is 11.6. The second-order valence-electron chi connectivity index (χ2n) is 7.60. The molecule has 9 heteroatoms. The largest absolute Gasteiger partial charge is 0.491 e. The van der Waals surface area contributed by atoms with E-state index in [1.807, 2.05) is 6.92 Å². The molecule has 0 fully saturated rings. The molecule has 0 bridgehead atoms. The molecule has 2 N–H and O–H groups in total. The molecule has 0 saturated heterocycles. The zero-order chi connectivity index (χ0) is 24.2. The summed E-state index contributed by atoms with van der Waals surface area (Å²) in [5.74, 6) is 0.746. The number of rotatable bonds is 6. The van der Waals surface area contributed by atoms with E-state index in [0.29, 0.717) is 49.6 Å². The van der Waals surface area contributed by atoms with E-state index < -0.39 is 0 Å². The van der Waals surface area contributed by atoms with Gasteiger partial charge in [0.15, 0.2) is 10.7 Å². The molecule has 0 unspecified atom stereocenters. The van der Waals surface area contributed by atoms with Crippen LogP contribution in [-0.4, -0.2) is 22.1 Å². The van der Waals surface area contributed by atoms with Gasteiger partial charge >= 0.3 is 0 Å². The Morgan fingerprint density at radius 1 is 1.12 bits per heavy atom. The van der Waals surface area contributed by atoms with Gasteiger partial charge in [0.2, 0.25) is 5.89 Å². The zero-order valence-corrected chi connectivity index (χ0v) is 20.7. The molecule has 0 aliphatic heterocycles. The topological polar surface area (TPSA) is 76.4 Å². The summed E-state index contributed by atoms with van der Waals surface area (Å²) in [6.45, 7) is 4.04. The lowest BCUT2D eigenvalue weighted by Gasteiger charge is -2.13. The number of hydrogen-bond donors (Lipinski definition) is 2. The molecule has 6 nitrogen and oxygen atoms in total. The number of nitrogens with one attached hydrogen (secondary N) is 2. The molecule has 0 spiro atoms. The van der Waals surface area contributed by atoms with Crippen LogP contribution in [0.1, 0.15) is 30.6 Å². The molecule has 34 heavy (non-hydrogen) atoms. The lowest BCUT2D eigenvalue weighted by atomic mass is 10.2. The first kappa shape index (κ1) is 24.0. The number of anilines is 1. The summed E-state index contributed by atoms with van der Waals surface area (Å²) in [6.07, 6.45) is 1.01. The Balaban J connectivity index is 1.42. The van der Waals surface area contributed by atoms with Crippen LogP contribution in [0, 0.1) is 0 Å². The van der Waals surface area contributed by atoms with Gasteiger partial charge in [-0.3, -0.25) is 10.1 Å². The molecule has 4 rings (SSSR count). The minimum atomic E-state index is -0.326. The van der Waals surface area contributed by atoms with E-state index in [0.717, 1.165) is 6.42 Å². The normalized spacial score (nSPS) is 11.8. The molecule has 1 amide bonds. The lowest BCUT2D eigenvalue weighted by Crippen LogP contribution is -2.34. The summed E-state index contributed by atoms with van der Waals surface area (Å²) in [4.78, 5) is 17.0. The summed E-state index contributed by atoms with van der Waals surface area (Å²) in [5, 5.41) is 6.84. The highest BCUT2D eigenvalue weighted by Gasteiger charge is 2.14. The zero-order valence-electron chi connectivity index (χ0n) is 18.4. The number of amides is 1. The van der Waals surface area contributed by atoms with Crippen molar-refractivity contribution in [2.24, 2.45) is 0 Å². The highest BCUT2D eigenvalue weighted by atomic mass is 35.5. The number of hydrogen-bond acceptors (Lipinski definition) is 5. The smallest absolute Gasteiger partial charge is 0.257 e. The second kappa shape index (κ2) is 10.4. The van der Waals surface area contributed by atoms with Crippen molar-refractivity contribution in [1.29, 1.82) is 0 Å². The maximum Gasteiger partial charge on any atom is 0.257 e. The van der Waals surface area contributed by atoms with E-state index in [-0.39, 0.29) is 17.1 Å². The number of benzene rings is 3. The average molecular weight is 514 g/mol. The van der Waals surface area contributed by atoms with Gasteiger partial charge in [0.25, 0.3) is 5.91 Å². The SMILES string of the molecule is CC[C@@H](C)Oc1ccc(C(=O)NC(=S)Nc2ccc3oc(-c4cc(Cl)ccc4Cl)nc3c2)cc1. The van der Waals surface area contributed by atoms with Crippen molar-refractivity contribution in [3.8, 4) is 17.2 Å². The fraction of sp³-hybridized carbons (Fsp3) is 0.160. The number of oxazole rings is 1. The molecule has 1 aromatic heterocycles. The molecule has 174 valence electrons. The van der Waals surface area contributed by atoms with Gasteiger partial charge in [-0.2, -0.15) is 0 Å². The predicted molar refractivity (Wildman–Crippen MR) is 140 cm³/mol. The van der Waals surface area contributed by atoms with Crippen molar-refractivity contribution in [3.05, 3.63) is 76.3 Å². The Hall–Kier alpha value is -3.13. The Bertz CT molecular complexity index is 1360. The Kier molecular flexibility index (Phi) is 7.36. The molecule has 3 aromatic carbocycles. The molecule has 0 aliphatic carbocycles. The lowest BCUT2D eigenvalue weighted by molar-refractivity contribution is 0.0977. The summed E-state index contributed by atoms with van der Waals surface area (Å²) in [7, 11) is 0. The monoisotopic (exact) mass is 513 g/mol. The minimum absolute atomic E-state index is 0.108. The van der Waals surface area contributed by atoms with Crippen LogP contribution in [0.2, 0.25) is 10.0 Å². The average Bonchev–Trinajstić information content (AvgIpc) is 3.24. The van der Waals surface area contributed by atoms with Crippen LogP contribution in [0.5, 0.6) is 5.75 Å². The number of halogens is 2. The first-order valence-electron chi connectivity index (χ1n) is 10.6. The van der Waals surface area contributed by atoms with Gasteiger partial charge in [-0.1, -0.05) is 30.1 Å². The molecule has 1 atom stereocenters. The molecule has 1 heterocycles. The molecular weight excluding hydrogens is 493 g/mol. The van der Waals surface area contributed by atoms with Crippen LogP contribution in [0.15, 0.2) is 65.1 Å². The molecule has 0 saturated carbocycles. The number of thiocarbonyl (C=S) groups is 1. The third-order valence-electron chi connectivity index (χ3n) is 5.06. The maximum absolute atomic E-state index is 12.5. The third kappa shape index (κ3) is 5.67. The first-order valence-corrected chi connectivity index (χ1v) is 11.7. The van der Waals surface area contributed by atoms with E-state index in [1.54, 1.807) is 60.7 Å². The van der Waals surface area contributed by atoms with Crippen LogP contribution in [0.3, 0.4) is 0 Å². The Labute approximate surface area is 212 Å². The Morgan fingerprint density at radius 3 is 2.62 bits per heavy atom. The molecular formula is C25H21Cl2N3O3S. The number of carbonyl (C=O) groups excluding carboxylic acids is 1. The van der Waals surface area contributed by atoms with Gasteiger partial charge in [-0.25, -0.2) is 4.98 Å². The number of fused-ring (bicyclic) bond motifs is 1. The van der Waals surface area contributed by atoms with Crippen LogP contribution in [0.25, 0.3) is 22.6 Å². The van der Waals surface area contributed by atoms with Crippen LogP contribution < -0.4 is 15.4 Å². The van der Waals surface area contributed by atoms with Crippen molar-refractivity contribution in [2.75, 3.05) is 5.32 Å². The number of ether oxygens (including phenoxy) is 1. The fourth-order valence-electron chi connectivity index (χ4n) is 3.12. The van der Waals surface area contributed by atoms with Crippen molar-refractivity contribution in [1.82, 2.24) is 10.3 Å². The van der Waals surface area contributed by atoms with Crippen molar-refractivity contribution < 1.29 is 13.9 Å². The third-order valence-corrected chi connectivity index (χ3v) is 5.83. The fourth-order valence-corrected chi connectivity index (χ4v) is 3.70. The van der Waals surface area contributed by atoms with E-state index in [4.69, 9.17) is 44.6 Å². The number of carbonyl (C=O) groups is 1. The van der Waals surface area contributed by atoms with Crippen LogP contribution in [-0.2, 0) is 0 Å². The van der Waals surface area contributed by atoms with Crippen molar-refractivity contribution >= 4 is 63.2 Å². The van der Waals surface area contributed by atoms with Gasteiger partial charge < -0.3 is 14.5 Å². The highest BCUT2D eigenvalue weighted by Crippen LogP contribution is 2.32. The van der Waals surface area contributed by atoms with Crippen molar-refractivity contribution in [3.63, 3.8) is 0 Å². The Morgan fingerprint density at radius 2 is 1.88 bits per heavy atom. The van der Waals surface area contributed by atoms with Gasteiger partial charge in [-0.05, 0) is 86.2 Å². The van der Waals surface area contributed by atoms with Gasteiger partial charge in [0, 0.05) is 16.3 Å². The van der Waals surface area contributed by atoms with E-state index in [1.165, 1.54) is 0 Å². The minimum Gasteiger partial charge on any atom is -0.491 e. The van der Waals surface area contributed by atoms with E-state index in [9.17, 15) is 4.79 Å². The van der Waals surface area contributed by atoms with Gasteiger partial charge in [0.1, 0.15) is 11.3 Å². The first-order chi connectivity index (χ1) is 16.3. The second-order valence-corrected chi connectivity index (χ2v) is 8.85. The predicted octanol–water partition coefficient (Wildman–Crippen LogP) is 7.11. The highest BCUT2D eigenvalue weighted by molar-refractivity contribution is 7.80. The standard InChI is InChI=1S/C25H21Cl2N3O3S/c1-3-14(2)32-18-8-4-15(5-9-18)23(31)30-25(34)28-17-7-11-22-21(13-17)29-24(33-22)19-12-16(26)6-10-20(19)27/h4-14H,3H2,1-2H3,(H2,28,30,31,34)/t14-/m1/s1. The molecule has 4 aromatic rings. The quantitative estimate of drug-likeness (QED) is 0.267. The van der Waals surface area contributed by atoms with E-state index in [2.05, 4.69) is 22.5 Å².